The van der Waals surface area contributed by atoms with E-state index in [0.29, 0.717) is 11.5 Å². The van der Waals surface area contributed by atoms with Gasteiger partial charge >= 0.3 is 6.18 Å². The average Bonchev–Trinajstić information content (AvgIpc) is 3.33. The number of hydrogen-bond acceptors (Lipinski definition) is 4. The summed E-state index contributed by atoms with van der Waals surface area (Å²) in [7, 11) is 0. The lowest BCUT2D eigenvalue weighted by Gasteiger charge is -2.30. The lowest BCUT2D eigenvalue weighted by molar-refractivity contribution is -0.140. The van der Waals surface area contributed by atoms with Crippen LogP contribution in [0.2, 0.25) is 0 Å². The summed E-state index contributed by atoms with van der Waals surface area (Å²) >= 11 is 0. The summed E-state index contributed by atoms with van der Waals surface area (Å²) in [6, 6.07) is 6.76. The van der Waals surface area contributed by atoms with Crippen molar-refractivity contribution in [2.45, 2.75) is 43.9 Å². The fourth-order valence-electron chi connectivity index (χ4n) is 3.50. The molecule has 1 aliphatic carbocycles. The number of aromatic nitrogens is 4. The van der Waals surface area contributed by atoms with Crippen molar-refractivity contribution in [1.29, 1.82) is 0 Å². The fraction of sp³-hybridized carbons (Fsp3) is 0.389. The number of fused-ring (bicyclic) bond motifs is 1. The van der Waals surface area contributed by atoms with Crippen molar-refractivity contribution in [2.75, 3.05) is 5.32 Å². The van der Waals surface area contributed by atoms with Crippen molar-refractivity contribution >= 4 is 17.4 Å². The van der Waals surface area contributed by atoms with Crippen LogP contribution in [0.1, 0.15) is 41.9 Å². The van der Waals surface area contributed by atoms with E-state index in [4.69, 9.17) is 0 Å². The zero-order valence-corrected chi connectivity index (χ0v) is 14.8. The predicted molar refractivity (Wildman–Crippen MR) is 95.9 cm³/mol. The SMILES string of the molecule is O=C(NC1CCC(Nc2cccc3nc(C(F)(F)F)cn23)CC1)c1ccn[nH]1. The van der Waals surface area contributed by atoms with Gasteiger partial charge in [-0.15, -0.1) is 0 Å². The van der Waals surface area contributed by atoms with E-state index in [0.717, 1.165) is 31.9 Å². The Morgan fingerprint density at radius 2 is 1.89 bits per heavy atom. The first-order chi connectivity index (χ1) is 13.4. The van der Waals surface area contributed by atoms with E-state index in [9.17, 15) is 18.0 Å². The zero-order valence-electron chi connectivity index (χ0n) is 14.8. The second-order valence-corrected chi connectivity index (χ2v) is 6.90. The molecule has 148 valence electrons. The molecule has 3 aromatic heterocycles. The first-order valence-electron chi connectivity index (χ1n) is 9.02. The molecule has 0 saturated heterocycles. The Morgan fingerprint density at radius 3 is 2.57 bits per heavy atom. The molecule has 0 radical (unpaired) electrons. The van der Waals surface area contributed by atoms with E-state index in [-0.39, 0.29) is 23.6 Å². The molecule has 0 bridgehead atoms. The molecule has 1 saturated carbocycles. The van der Waals surface area contributed by atoms with Gasteiger partial charge in [0, 0.05) is 24.5 Å². The maximum atomic E-state index is 12.9. The van der Waals surface area contributed by atoms with Crippen LogP contribution in [-0.2, 0) is 6.18 Å². The summed E-state index contributed by atoms with van der Waals surface area (Å²) in [5.74, 6) is 0.391. The van der Waals surface area contributed by atoms with E-state index in [1.807, 2.05) is 0 Å². The van der Waals surface area contributed by atoms with Gasteiger partial charge in [-0.2, -0.15) is 18.3 Å². The number of carbonyl (C=O) groups is 1. The van der Waals surface area contributed by atoms with Gasteiger partial charge < -0.3 is 10.6 Å². The van der Waals surface area contributed by atoms with Crippen molar-refractivity contribution in [3.63, 3.8) is 0 Å². The van der Waals surface area contributed by atoms with Crippen LogP contribution in [0, 0.1) is 0 Å². The van der Waals surface area contributed by atoms with Gasteiger partial charge in [-0.05, 0) is 43.9 Å². The average molecular weight is 392 g/mol. The van der Waals surface area contributed by atoms with Gasteiger partial charge in [-0.25, -0.2) is 4.98 Å². The van der Waals surface area contributed by atoms with Gasteiger partial charge in [0.2, 0.25) is 0 Å². The Morgan fingerprint density at radius 1 is 1.14 bits per heavy atom. The Labute approximate surface area is 158 Å². The first kappa shape index (κ1) is 18.3. The van der Waals surface area contributed by atoms with Crippen LogP contribution >= 0.6 is 0 Å². The summed E-state index contributed by atoms with van der Waals surface area (Å²) < 4.78 is 40.2. The maximum absolute atomic E-state index is 12.9. The number of H-pyrrole nitrogens is 1. The number of carbonyl (C=O) groups excluding carboxylic acids is 1. The summed E-state index contributed by atoms with van der Waals surface area (Å²) in [6.45, 7) is 0. The fourth-order valence-corrected chi connectivity index (χ4v) is 3.50. The summed E-state index contributed by atoms with van der Waals surface area (Å²) in [5, 5.41) is 12.7. The molecular weight excluding hydrogens is 373 g/mol. The van der Waals surface area contributed by atoms with Gasteiger partial charge in [0.25, 0.3) is 5.91 Å². The number of nitrogens with zero attached hydrogens (tertiary/aromatic N) is 3. The molecule has 3 aromatic rings. The third-order valence-corrected chi connectivity index (χ3v) is 4.94. The van der Waals surface area contributed by atoms with Crippen molar-refractivity contribution < 1.29 is 18.0 Å². The highest BCUT2D eigenvalue weighted by Gasteiger charge is 2.34. The number of pyridine rings is 1. The third-order valence-electron chi connectivity index (χ3n) is 4.94. The Kier molecular flexibility index (Phi) is 4.70. The van der Waals surface area contributed by atoms with Gasteiger partial charge in [0.1, 0.15) is 17.2 Å². The van der Waals surface area contributed by atoms with Crippen molar-refractivity contribution in [2.24, 2.45) is 0 Å². The lowest BCUT2D eigenvalue weighted by atomic mass is 9.91. The highest BCUT2D eigenvalue weighted by molar-refractivity contribution is 5.92. The molecule has 3 N–H and O–H groups in total. The number of imidazole rings is 1. The number of nitrogens with one attached hydrogen (secondary N) is 3. The van der Waals surface area contributed by atoms with Crippen molar-refractivity contribution in [1.82, 2.24) is 24.9 Å². The number of amides is 1. The van der Waals surface area contributed by atoms with E-state index in [2.05, 4.69) is 25.8 Å². The molecule has 0 atom stereocenters. The van der Waals surface area contributed by atoms with Crippen LogP contribution in [-0.4, -0.2) is 37.6 Å². The van der Waals surface area contributed by atoms with Gasteiger partial charge in [-0.3, -0.25) is 14.3 Å². The summed E-state index contributed by atoms with van der Waals surface area (Å²) in [6.07, 6.45) is 1.21. The maximum Gasteiger partial charge on any atom is 0.434 e. The molecule has 1 aliphatic rings. The third kappa shape index (κ3) is 3.80. The second-order valence-electron chi connectivity index (χ2n) is 6.90. The molecule has 10 heteroatoms. The number of alkyl halides is 3. The predicted octanol–water partition coefficient (Wildman–Crippen LogP) is 3.23. The molecule has 7 nitrogen and oxygen atoms in total. The van der Waals surface area contributed by atoms with E-state index < -0.39 is 11.9 Å². The monoisotopic (exact) mass is 392 g/mol. The standard InChI is InChI=1S/C18H19F3N6O/c19-18(20,21)14-10-27-15(2-1-3-16(27)25-14)23-11-4-6-12(7-5-11)24-17(28)13-8-9-22-26-13/h1-3,8-12,23H,4-7H2,(H,22,26)(H,24,28). The molecule has 0 aromatic carbocycles. The minimum Gasteiger partial charge on any atom is -0.368 e. The molecule has 0 aliphatic heterocycles. The molecule has 3 heterocycles. The van der Waals surface area contributed by atoms with Crippen LogP contribution in [0.3, 0.4) is 0 Å². The van der Waals surface area contributed by atoms with Gasteiger partial charge in [0.15, 0.2) is 5.69 Å². The molecule has 0 unspecified atom stereocenters. The number of aromatic amines is 1. The number of hydrogen-bond donors (Lipinski definition) is 3. The van der Waals surface area contributed by atoms with Crippen LogP contribution in [0.5, 0.6) is 0 Å². The Bertz CT molecular complexity index is 958. The zero-order chi connectivity index (χ0) is 19.7. The molecule has 1 amide bonds. The van der Waals surface area contributed by atoms with Gasteiger partial charge in [-0.1, -0.05) is 6.07 Å². The van der Waals surface area contributed by atoms with E-state index >= 15 is 0 Å². The smallest absolute Gasteiger partial charge is 0.368 e. The lowest BCUT2D eigenvalue weighted by Crippen LogP contribution is -2.40. The largest absolute Gasteiger partial charge is 0.434 e. The topological polar surface area (TPSA) is 87.1 Å². The van der Waals surface area contributed by atoms with Crippen LogP contribution in [0.4, 0.5) is 19.0 Å². The summed E-state index contributed by atoms with van der Waals surface area (Å²) in [5.41, 5.74) is -0.239. The van der Waals surface area contributed by atoms with E-state index in [1.165, 1.54) is 10.6 Å². The van der Waals surface area contributed by atoms with Crippen molar-refractivity contribution in [3.05, 3.63) is 48.0 Å². The molecule has 1 fully saturated rings. The van der Waals surface area contributed by atoms with Gasteiger partial charge in [0.05, 0.1) is 0 Å². The Hall–Kier alpha value is -3.04. The number of anilines is 1. The van der Waals surface area contributed by atoms with Crippen molar-refractivity contribution in [3.8, 4) is 0 Å². The van der Waals surface area contributed by atoms with Crippen LogP contribution < -0.4 is 10.6 Å². The Balaban J connectivity index is 1.38. The molecule has 0 spiro atoms. The highest BCUT2D eigenvalue weighted by atomic mass is 19.4. The molecular formula is C18H19F3N6O. The molecule has 4 rings (SSSR count). The van der Waals surface area contributed by atoms with Crippen LogP contribution in [0.25, 0.3) is 5.65 Å². The summed E-state index contributed by atoms with van der Waals surface area (Å²) in [4.78, 5) is 15.7. The number of rotatable bonds is 4. The van der Waals surface area contributed by atoms with E-state index in [1.54, 1.807) is 24.3 Å². The minimum atomic E-state index is -4.48. The first-order valence-corrected chi connectivity index (χ1v) is 9.02. The van der Waals surface area contributed by atoms with Crippen LogP contribution in [0.15, 0.2) is 36.7 Å². The number of halogens is 3. The molecule has 28 heavy (non-hydrogen) atoms. The normalized spacial score (nSPS) is 20.2. The highest BCUT2D eigenvalue weighted by Crippen LogP contribution is 2.30. The minimum absolute atomic E-state index is 0.0646. The second kappa shape index (κ2) is 7.17. The quantitative estimate of drug-likeness (QED) is 0.636.